The van der Waals surface area contributed by atoms with Crippen LogP contribution in [0.1, 0.15) is 24.2 Å². The van der Waals surface area contributed by atoms with Crippen LogP contribution in [0.3, 0.4) is 0 Å². The fraction of sp³-hybridized carbons (Fsp3) is 0.269. The van der Waals surface area contributed by atoms with Crippen molar-refractivity contribution in [2.45, 2.75) is 31.8 Å². The fourth-order valence-electron chi connectivity index (χ4n) is 5.30. The predicted molar refractivity (Wildman–Crippen MR) is 127 cm³/mol. The van der Waals surface area contributed by atoms with E-state index in [1.807, 2.05) is 0 Å². The molecule has 4 aromatic rings. The Morgan fingerprint density at radius 2 is 1.91 bits per heavy atom. The minimum absolute atomic E-state index is 0.00959. The lowest BCUT2D eigenvalue weighted by Gasteiger charge is -2.34. The van der Waals surface area contributed by atoms with E-state index < -0.39 is 11.6 Å². The van der Waals surface area contributed by atoms with E-state index in [1.165, 1.54) is 24.3 Å². The molecule has 0 amide bonds. The first-order valence-electron chi connectivity index (χ1n) is 11.2. The SMILES string of the molecule is C#Cc1c(F)ccc2cc(O)cc(-c3ncc4c(N5CC6CCC(C5)N6)nc(C)nc4c3F)c12. The molecule has 0 aliphatic carbocycles. The molecule has 2 aromatic heterocycles. The number of benzene rings is 2. The van der Waals surface area contributed by atoms with Crippen LogP contribution in [0.2, 0.25) is 0 Å². The van der Waals surface area contributed by atoms with Gasteiger partial charge in [-0.05, 0) is 43.4 Å². The predicted octanol–water partition coefficient (Wildman–Crippen LogP) is 4.06. The Kier molecular flexibility index (Phi) is 4.64. The number of aryl methyl sites for hydroxylation is 1. The summed E-state index contributed by atoms with van der Waals surface area (Å²) in [5, 5.41) is 15.2. The molecule has 0 spiro atoms. The van der Waals surface area contributed by atoms with Gasteiger partial charge in [0.05, 0.1) is 10.9 Å². The smallest absolute Gasteiger partial charge is 0.175 e. The van der Waals surface area contributed by atoms with Gasteiger partial charge in [0.25, 0.3) is 0 Å². The van der Waals surface area contributed by atoms with E-state index in [2.05, 4.69) is 31.1 Å². The summed E-state index contributed by atoms with van der Waals surface area (Å²) in [6, 6.07) is 6.31. The molecular weight excluding hydrogens is 436 g/mol. The summed E-state index contributed by atoms with van der Waals surface area (Å²) in [4.78, 5) is 15.6. The van der Waals surface area contributed by atoms with E-state index in [4.69, 9.17) is 6.42 Å². The van der Waals surface area contributed by atoms with E-state index in [-0.39, 0.29) is 28.1 Å². The molecule has 2 aliphatic rings. The molecule has 2 bridgehead atoms. The molecule has 2 atom stereocenters. The second-order valence-electron chi connectivity index (χ2n) is 8.98. The number of nitrogens with one attached hydrogen (secondary N) is 1. The second-order valence-corrected chi connectivity index (χ2v) is 8.98. The molecule has 2 aliphatic heterocycles. The number of aromatic nitrogens is 3. The number of halogens is 2. The molecule has 0 radical (unpaired) electrons. The molecule has 2 saturated heterocycles. The number of nitrogens with zero attached hydrogens (tertiary/aromatic N) is 4. The summed E-state index contributed by atoms with van der Waals surface area (Å²) >= 11 is 0. The summed E-state index contributed by atoms with van der Waals surface area (Å²) in [6.45, 7) is 3.30. The molecule has 6 rings (SSSR count). The van der Waals surface area contributed by atoms with Crippen LogP contribution in [0.25, 0.3) is 32.9 Å². The van der Waals surface area contributed by atoms with Crippen LogP contribution in [0.4, 0.5) is 14.6 Å². The summed E-state index contributed by atoms with van der Waals surface area (Å²) in [5.41, 5.74) is 0.276. The Balaban J connectivity index is 1.58. The number of phenolic OH excluding ortho intramolecular Hbond substituents is 1. The monoisotopic (exact) mass is 457 g/mol. The van der Waals surface area contributed by atoms with Gasteiger partial charge in [0.1, 0.15) is 34.4 Å². The van der Waals surface area contributed by atoms with Gasteiger partial charge in [0.15, 0.2) is 5.82 Å². The summed E-state index contributed by atoms with van der Waals surface area (Å²) in [6.07, 6.45) is 9.35. The van der Waals surface area contributed by atoms with Crippen LogP contribution >= 0.6 is 0 Å². The van der Waals surface area contributed by atoms with Crippen LogP contribution in [0.15, 0.2) is 30.5 Å². The van der Waals surface area contributed by atoms with Crippen molar-refractivity contribution in [2.24, 2.45) is 0 Å². The maximum atomic E-state index is 16.0. The van der Waals surface area contributed by atoms with Crippen molar-refractivity contribution in [1.82, 2.24) is 20.3 Å². The maximum Gasteiger partial charge on any atom is 0.175 e. The summed E-state index contributed by atoms with van der Waals surface area (Å²) in [7, 11) is 0. The molecule has 2 aromatic carbocycles. The van der Waals surface area contributed by atoms with Crippen molar-refractivity contribution in [1.29, 1.82) is 0 Å². The molecule has 0 saturated carbocycles. The zero-order valence-corrected chi connectivity index (χ0v) is 18.4. The number of terminal acetylenes is 1. The number of aromatic hydroxyl groups is 1. The Bertz CT molecular complexity index is 1520. The van der Waals surface area contributed by atoms with E-state index in [0.717, 1.165) is 25.9 Å². The Morgan fingerprint density at radius 3 is 2.65 bits per heavy atom. The number of fused-ring (bicyclic) bond motifs is 4. The molecule has 2 fully saturated rings. The van der Waals surface area contributed by atoms with Gasteiger partial charge >= 0.3 is 0 Å². The van der Waals surface area contributed by atoms with E-state index >= 15 is 4.39 Å². The minimum Gasteiger partial charge on any atom is -0.508 e. The lowest BCUT2D eigenvalue weighted by atomic mass is 9.96. The average Bonchev–Trinajstić information content (AvgIpc) is 3.16. The van der Waals surface area contributed by atoms with Crippen molar-refractivity contribution in [3.63, 3.8) is 0 Å². The third kappa shape index (κ3) is 3.16. The molecule has 8 heteroatoms. The minimum atomic E-state index is -0.665. The zero-order valence-electron chi connectivity index (χ0n) is 18.4. The van der Waals surface area contributed by atoms with Gasteiger partial charge in [-0.3, -0.25) is 4.98 Å². The van der Waals surface area contributed by atoms with E-state index in [9.17, 15) is 9.50 Å². The summed E-state index contributed by atoms with van der Waals surface area (Å²) < 4.78 is 30.5. The number of hydrogen-bond acceptors (Lipinski definition) is 6. The molecule has 2 N–H and O–H groups in total. The maximum absolute atomic E-state index is 16.0. The largest absolute Gasteiger partial charge is 0.508 e. The highest BCUT2D eigenvalue weighted by molar-refractivity contribution is 6.03. The number of rotatable bonds is 2. The van der Waals surface area contributed by atoms with Gasteiger partial charge in [-0.25, -0.2) is 18.7 Å². The van der Waals surface area contributed by atoms with Crippen molar-refractivity contribution in [3.8, 4) is 29.4 Å². The number of piperazine rings is 1. The van der Waals surface area contributed by atoms with E-state index in [1.54, 1.807) is 13.1 Å². The standard InChI is InChI=1S/C26H21F2N5O/c1-3-18-21(27)7-4-14-8-17(34)9-19(22(14)18)24-23(28)25-20(10-29-24)26(31-13(2)30-25)33-11-15-5-6-16(12-33)32-15/h1,4,7-10,15-16,32,34H,5-6,11-12H2,2H3. The molecule has 2 unspecified atom stereocenters. The van der Waals surface area contributed by atoms with Crippen molar-refractivity contribution in [2.75, 3.05) is 18.0 Å². The number of pyridine rings is 1. The van der Waals surface area contributed by atoms with Crippen LogP contribution in [0.5, 0.6) is 5.75 Å². The number of phenols is 1. The highest BCUT2D eigenvalue weighted by Gasteiger charge is 2.34. The Labute approximate surface area is 194 Å². The van der Waals surface area contributed by atoms with Crippen LogP contribution < -0.4 is 10.2 Å². The normalized spacial score (nSPS) is 19.6. The lowest BCUT2D eigenvalue weighted by molar-refractivity contribution is 0.464. The number of hydrogen-bond donors (Lipinski definition) is 2. The van der Waals surface area contributed by atoms with Crippen molar-refractivity contribution < 1.29 is 13.9 Å². The molecule has 6 nitrogen and oxygen atoms in total. The van der Waals surface area contributed by atoms with Crippen molar-refractivity contribution in [3.05, 3.63) is 53.5 Å². The Hall–Kier alpha value is -3.83. The summed E-state index contributed by atoms with van der Waals surface area (Å²) in [5.74, 6) is 2.09. The second kappa shape index (κ2) is 7.61. The van der Waals surface area contributed by atoms with Gasteiger partial charge in [0.2, 0.25) is 0 Å². The highest BCUT2D eigenvalue weighted by Crippen LogP contribution is 2.38. The first-order chi connectivity index (χ1) is 16.4. The van der Waals surface area contributed by atoms with Gasteiger partial charge in [-0.2, -0.15) is 0 Å². The Morgan fingerprint density at radius 1 is 1.15 bits per heavy atom. The first-order valence-corrected chi connectivity index (χ1v) is 11.2. The molecule has 170 valence electrons. The number of anilines is 1. The average molecular weight is 457 g/mol. The van der Waals surface area contributed by atoms with Crippen LogP contribution in [-0.2, 0) is 0 Å². The van der Waals surface area contributed by atoms with Crippen LogP contribution in [-0.4, -0.2) is 45.2 Å². The molecule has 4 heterocycles. The van der Waals surface area contributed by atoms with E-state index in [0.29, 0.717) is 39.9 Å². The lowest BCUT2D eigenvalue weighted by Crippen LogP contribution is -2.51. The third-order valence-corrected chi connectivity index (χ3v) is 6.74. The fourth-order valence-corrected chi connectivity index (χ4v) is 5.30. The van der Waals surface area contributed by atoms with Gasteiger partial charge < -0.3 is 15.3 Å². The quantitative estimate of drug-likeness (QED) is 0.443. The van der Waals surface area contributed by atoms with Crippen LogP contribution in [0, 0.1) is 30.9 Å². The highest BCUT2D eigenvalue weighted by atomic mass is 19.1. The molecule has 34 heavy (non-hydrogen) atoms. The van der Waals surface area contributed by atoms with Gasteiger partial charge in [-0.1, -0.05) is 12.0 Å². The molecular formula is C26H21F2N5O. The van der Waals surface area contributed by atoms with Crippen molar-refractivity contribution >= 4 is 27.5 Å². The van der Waals surface area contributed by atoms with Gasteiger partial charge in [0, 0.05) is 42.3 Å². The third-order valence-electron chi connectivity index (χ3n) is 6.74. The first kappa shape index (κ1) is 20.8. The zero-order chi connectivity index (χ0) is 23.6. The van der Waals surface area contributed by atoms with Gasteiger partial charge in [-0.15, -0.1) is 6.42 Å². The topological polar surface area (TPSA) is 74.2 Å².